The van der Waals surface area contributed by atoms with Gasteiger partial charge in [-0.2, -0.15) is 0 Å². The third kappa shape index (κ3) is 7.39. The molecule has 0 saturated heterocycles. The van der Waals surface area contributed by atoms with E-state index in [1.54, 1.807) is 12.2 Å². The molecule has 0 radical (unpaired) electrons. The summed E-state index contributed by atoms with van der Waals surface area (Å²) in [7, 11) is 0. The molecule has 0 amide bonds. The van der Waals surface area contributed by atoms with E-state index in [2.05, 4.69) is 19.9 Å². The van der Waals surface area contributed by atoms with E-state index >= 15 is 0 Å². The maximum Gasteiger partial charge on any atom is 2.00 e. The fourth-order valence-electron chi connectivity index (χ4n) is 2.99. The Morgan fingerprint density at radius 2 is 1.67 bits per heavy atom. The van der Waals surface area contributed by atoms with E-state index in [4.69, 9.17) is 0 Å². The van der Waals surface area contributed by atoms with Crippen LogP contribution in [0.2, 0.25) is 0 Å². The van der Waals surface area contributed by atoms with Gasteiger partial charge in [0.25, 0.3) is 0 Å². The van der Waals surface area contributed by atoms with Crippen molar-refractivity contribution in [3.05, 3.63) is 82.0 Å². The van der Waals surface area contributed by atoms with Gasteiger partial charge in [0.1, 0.15) is 17.1 Å². The number of aromatic hydroxyl groups is 2. The topological polar surface area (TPSA) is 77.8 Å². The van der Waals surface area contributed by atoms with Gasteiger partial charge in [-0.15, -0.1) is 0 Å². The molecule has 0 spiro atoms. The Bertz CT molecular complexity index is 953. The zero-order chi connectivity index (χ0) is 21.4. The number of carbonyl (C=O) groups is 1. The fourth-order valence-corrected chi connectivity index (χ4v) is 2.99. The van der Waals surface area contributed by atoms with Crippen molar-refractivity contribution < 1.29 is 20.1 Å². The van der Waals surface area contributed by atoms with Crippen molar-refractivity contribution in [1.82, 2.24) is 0 Å². The summed E-state index contributed by atoms with van der Waals surface area (Å²) < 4.78 is 0. The molecular formula is C25H28MgO4+2. The second-order valence-corrected chi connectivity index (χ2v) is 7.31. The molecule has 0 aliphatic heterocycles. The van der Waals surface area contributed by atoms with Crippen LogP contribution in [0, 0.1) is 0 Å². The van der Waals surface area contributed by atoms with Gasteiger partial charge >= 0.3 is 29.0 Å². The molecule has 152 valence electrons. The van der Waals surface area contributed by atoms with Crippen LogP contribution < -0.4 is 0 Å². The molecule has 0 aliphatic rings. The van der Waals surface area contributed by atoms with E-state index in [0.29, 0.717) is 0 Å². The predicted molar refractivity (Wildman–Crippen MR) is 124 cm³/mol. The van der Waals surface area contributed by atoms with Gasteiger partial charge < -0.3 is 15.3 Å². The zero-order valence-corrected chi connectivity index (χ0v) is 19.3. The quantitative estimate of drug-likeness (QED) is 0.288. The molecule has 0 aromatic heterocycles. The number of phenols is 2. The maximum atomic E-state index is 11.8. The van der Waals surface area contributed by atoms with Crippen LogP contribution in [0.3, 0.4) is 0 Å². The molecule has 30 heavy (non-hydrogen) atoms. The number of hydrogen-bond acceptors (Lipinski definition) is 3. The Hall–Kier alpha value is -2.50. The van der Waals surface area contributed by atoms with Crippen LogP contribution in [-0.2, 0) is 6.42 Å². The minimum absolute atomic E-state index is 0. The summed E-state index contributed by atoms with van der Waals surface area (Å²) >= 11 is 0. The summed E-state index contributed by atoms with van der Waals surface area (Å²) in [6.07, 6.45) is 9.46. The normalized spacial score (nSPS) is 11.2. The summed E-state index contributed by atoms with van der Waals surface area (Å²) in [5.41, 5.74) is 3.54. The molecular weight excluding hydrogens is 389 g/mol. The van der Waals surface area contributed by atoms with Gasteiger partial charge in [-0.3, -0.25) is 0 Å². The Kier molecular flexibility index (Phi) is 10.4. The summed E-state index contributed by atoms with van der Waals surface area (Å²) in [6, 6.07) is 10.8. The van der Waals surface area contributed by atoms with E-state index in [1.165, 1.54) is 11.6 Å². The van der Waals surface area contributed by atoms with E-state index in [9.17, 15) is 20.1 Å². The van der Waals surface area contributed by atoms with Crippen molar-refractivity contribution >= 4 is 41.2 Å². The molecule has 2 aromatic carbocycles. The molecule has 0 saturated carbocycles. The first kappa shape index (κ1) is 25.5. The second-order valence-electron chi connectivity index (χ2n) is 7.31. The smallest absolute Gasteiger partial charge is 0.507 e. The third-order valence-electron chi connectivity index (χ3n) is 4.63. The molecule has 4 nitrogen and oxygen atoms in total. The molecule has 2 aromatic rings. The number of rotatable bonds is 8. The third-order valence-corrected chi connectivity index (χ3v) is 4.63. The number of aromatic carboxylic acids is 1. The molecule has 3 N–H and O–H groups in total. The van der Waals surface area contributed by atoms with Crippen LogP contribution in [-0.4, -0.2) is 44.3 Å². The van der Waals surface area contributed by atoms with E-state index in [0.717, 1.165) is 24.0 Å². The van der Waals surface area contributed by atoms with Crippen molar-refractivity contribution in [2.45, 2.75) is 40.0 Å². The predicted octanol–water partition coefficient (Wildman–Crippen LogP) is 5.82. The summed E-state index contributed by atoms with van der Waals surface area (Å²) in [4.78, 5) is 11.8. The molecule has 0 aliphatic carbocycles. The van der Waals surface area contributed by atoms with E-state index in [-0.39, 0.29) is 51.9 Å². The number of carboxylic acids is 1. The molecule has 0 atom stereocenters. The van der Waals surface area contributed by atoms with Gasteiger partial charge in [0.15, 0.2) is 0 Å². The van der Waals surface area contributed by atoms with Gasteiger partial charge in [-0.05, 0) is 57.2 Å². The Morgan fingerprint density at radius 1 is 1.00 bits per heavy atom. The fraction of sp³-hybridized carbons (Fsp3) is 0.240. The van der Waals surface area contributed by atoms with E-state index in [1.807, 2.05) is 43.3 Å². The van der Waals surface area contributed by atoms with Crippen molar-refractivity contribution in [2.24, 2.45) is 0 Å². The largest absolute Gasteiger partial charge is 2.00 e. The van der Waals surface area contributed by atoms with Crippen molar-refractivity contribution in [3.63, 3.8) is 0 Å². The molecule has 0 fully saturated rings. The van der Waals surface area contributed by atoms with Crippen molar-refractivity contribution in [3.8, 4) is 11.5 Å². The van der Waals surface area contributed by atoms with Crippen LogP contribution in [0.25, 0.3) is 12.2 Å². The first-order chi connectivity index (χ1) is 13.8. The summed E-state index contributed by atoms with van der Waals surface area (Å²) in [5, 5.41) is 30.6. The monoisotopic (exact) mass is 416 g/mol. The van der Waals surface area contributed by atoms with Crippen LogP contribution in [0.4, 0.5) is 0 Å². The van der Waals surface area contributed by atoms with Gasteiger partial charge in [0, 0.05) is 5.56 Å². The van der Waals surface area contributed by atoms with Crippen LogP contribution in [0.5, 0.6) is 11.5 Å². The Labute approximate surface area is 194 Å². The van der Waals surface area contributed by atoms with Crippen molar-refractivity contribution in [1.29, 1.82) is 0 Å². The number of hydrogen-bond donors (Lipinski definition) is 3. The molecule has 5 heteroatoms. The van der Waals surface area contributed by atoms with Crippen LogP contribution in [0.15, 0.2) is 59.7 Å². The first-order valence-electron chi connectivity index (χ1n) is 9.62. The minimum Gasteiger partial charge on any atom is -0.507 e. The average Bonchev–Trinajstić information content (AvgIpc) is 2.66. The van der Waals surface area contributed by atoms with Gasteiger partial charge in [-0.1, -0.05) is 65.8 Å². The Morgan fingerprint density at radius 3 is 2.27 bits per heavy atom. The standard InChI is InChI=1S/C25H28O4.Mg/c1-17(2)8-7-9-18(3)12-15-21-22(26)16-20(23(24(21)27)25(28)29)14-13-19-10-5-4-6-11-19;/h4-6,8,10-14,16,26-27H,7,9,15H2,1-3H3,(H,28,29);/q;+2/b14-13+,18-12+;. The van der Waals surface area contributed by atoms with Crippen LogP contribution >= 0.6 is 0 Å². The number of phenolic OH excluding ortho intramolecular Hbond substituents is 1. The Balaban J connectivity index is 0.00000450. The molecule has 2 rings (SSSR count). The van der Waals surface area contributed by atoms with Gasteiger partial charge in [0.05, 0.1) is 0 Å². The molecule has 0 bridgehead atoms. The number of benzene rings is 2. The van der Waals surface area contributed by atoms with Crippen molar-refractivity contribution in [2.75, 3.05) is 0 Å². The molecule has 0 heterocycles. The van der Waals surface area contributed by atoms with Gasteiger partial charge in [-0.25, -0.2) is 4.79 Å². The summed E-state index contributed by atoms with van der Waals surface area (Å²) in [6.45, 7) is 6.09. The average molecular weight is 417 g/mol. The second kappa shape index (κ2) is 12.3. The van der Waals surface area contributed by atoms with Gasteiger partial charge in [0.2, 0.25) is 0 Å². The number of carboxylic acid groups (broad SMARTS) is 1. The zero-order valence-electron chi connectivity index (χ0n) is 17.9. The van der Waals surface area contributed by atoms with Crippen LogP contribution in [0.1, 0.15) is 60.7 Å². The van der Waals surface area contributed by atoms with E-state index < -0.39 is 11.7 Å². The number of allylic oxidation sites excluding steroid dienone is 4. The minimum atomic E-state index is -1.24. The summed E-state index contributed by atoms with van der Waals surface area (Å²) in [5.74, 6) is -1.74. The SMILES string of the molecule is CC(C)=CCC/C(C)=C/Cc1c(O)cc(/C=C/c2ccccc2)c(C(=O)O)c1O.[Mg+2]. The first-order valence-corrected chi connectivity index (χ1v) is 9.62. The molecule has 0 unspecified atom stereocenters. The maximum absolute atomic E-state index is 11.8.